The van der Waals surface area contributed by atoms with E-state index in [1.807, 2.05) is 31.9 Å². The molecule has 1 aliphatic heterocycles. The first-order chi connectivity index (χ1) is 10.8. The van der Waals surface area contributed by atoms with Gasteiger partial charge in [-0.15, -0.1) is 11.8 Å². The van der Waals surface area contributed by atoms with E-state index in [-0.39, 0.29) is 12.1 Å². The third-order valence-electron chi connectivity index (χ3n) is 3.64. The van der Waals surface area contributed by atoms with Gasteiger partial charge in [-0.2, -0.15) is 0 Å². The van der Waals surface area contributed by atoms with E-state index < -0.39 is 5.60 Å². The molecule has 0 unspecified atom stereocenters. The van der Waals surface area contributed by atoms with E-state index in [0.717, 1.165) is 30.4 Å². The third-order valence-corrected chi connectivity index (χ3v) is 4.37. The van der Waals surface area contributed by atoms with Crippen molar-refractivity contribution in [1.82, 2.24) is 19.8 Å². The molecule has 7 heteroatoms. The van der Waals surface area contributed by atoms with Gasteiger partial charge in [-0.05, 0) is 34.0 Å². The average molecular weight is 338 g/mol. The van der Waals surface area contributed by atoms with Crippen molar-refractivity contribution in [3.05, 3.63) is 18.1 Å². The number of rotatable bonds is 3. The van der Waals surface area contributed by atoms with E-state index in [9.17, 15) is 4.79 Å². The number of piperazine rings is 1. The Morgan fingerprint density at radius 3 is 2.65 bits per heavy atom. The lowest BCUT2D eigenvalue weighted by molar-refractivity contribution is 0.000329. The number of nitrogens with zero attached hydrogens (tertiary/aromatic N) is 4. The van der Waals surface area contributed by atoms with Crippen LogP contribution in [0.1, 0.15) is 33.4 Å². The molecule has 1 aliphatic rings. The Labute approximate surface area is 142 Å². The maximum atomic E-state index is 12.2. The van der Waals surface area contributed by atoms with Gasteiger partial charge in [0.2, 0.25) is 0 Å². The second kappa shape index (κ2) is 7.49. The van der Waals surface area contributed by atoms with E-state index in [0.29, 0.717) is 6.54 Å². The number of amides is 1. The van der Waals surface area contributed by atoms with Crippen LogP contribution in [-0.2, 0) is 11.3 Å². The number of thioether (sulfide) groups is 1. The number of carbonyl (C=O) groups is 1. The Morgan fingerprint density at radius 2 is 2.04 bits per heavy atom. The van der Waals surface area contributed by atoms with Crippen LogP contribution >= 0.6 is 11.8 Å². The highest BCUT2D eigenvalue weighted by atomic mass is 32.2. The molecule has 0 bridgehead atoms. The minimum atomic E-state index is -0.458. The Balaban J connectivity index is 1.95. The van der Waals surface area contributed by atoms with Crippen molar-refractivity contribution in [3.8, 4) is 0 Å². The van der Waals surface area contributed by atoms with Crippen molar-refractivity contribution in [3.63, 3.8) is 0 Å². The van der Waals surface area contributed by atoms with E-state index >= 15 is 0 Å². The summed E-state index contributed by atoms with van der Waals surface area (Å²) in [7, 11) is 0. The van der Waals surface area contributed by atoms with E-state index in [4.69, 9.17) is 4.74 Å². The predicted octanol–water partition coefficient (Wildman–Crippen LogP) is 2.64. The molecule has 0 radical (unpaired) electrons. The number of hydrogen-bond donors (Lipinski definition) is 0. The van der Waals surface area contributed by atoms with Gasteiger partial charge in [-0.1, -0.05) is 0 Å². The fourth-order valence-corrected chi connectivity index (χ4v) is 3.13. The fourth-order valence-electron chi connectivity index (χ4n) is 2.61. The van der Waals surface area contributed by atoms with Crippen LogP contribution in [-0.4, -0.2) is 63.4 Å². The zero-order chi connectivity index (χ0) is 17.0. The van der Waals surface area contributed by atoms with Crippen molar-refractivity contribution in [2.24, 2.45) is 0 Å². The summed E-state index contributed by atoms with van der Waals surface area (Å²) < 4.78 is 5.48. The van der Waals surface area contributed by atoms with Crippen LogP contribution in [0.15, 0.2) is 17.4 Å². The van der Waals surface area contributed by atoms with Crippen LogP contribution < -0.4 is 0 Å². The molecule has 0 saturated carbocycles. The molecule has 0 aromatic carbocycles. The van der Waals surface area contributed by atoms with Crippen LogP contribution in [0.2, 0.25) is 0 Å². The van der Waals surface area contributed by atoms with Crippen LogP contribution in [0.25, 0.3) is 0 Å². The van der Waals surface area contributed by atoms with E-state index in [1.165, 1.54) is 0 Å². The lowest BCUT2D eigenvalue weighted by Gasteiger charge is -2.40. The molecule has 1 amide bonds. The molecule has 2 rings (SSSR count). The van der Waals surface area contributed by atoms with Crippen LogP contribution in [0.3, 0.4) is 0 Å². The summed E-state index contributed by atoms with van der Waals surface area (Å²) in [5.74, 6) is 0. The monoisotopic (exact) mass is 338 g/mol. The first kappa shape index (κ1) is 18.0. The van der Waals surface area contributed by atoms with Gasteiger partial charge in [0.25, 0.3) is 0 Å². The molecule has 1 saturated heterocycles. The predicted molar refractivity (Wildman–Crippen MR) is 91.5 cm³/mol. The van der Waals surface area contributed by atoms with Gasteiger partial charge in [0.05, 0.1) is 5.69 Å². The van der Waals surface area contributed by atoms with Crippen molar-refractivity contribution >= 4 is 17.9 Å². The van der Waals surface area contributed by atoms with Gasteiger partial charge in [-0.3, -0.25) is 9.88 Å². The highest BCUT2D eigenvalue weighted by Crippen LogP contribution is 2.20. The zero-order valence-corrected chi connectivity index (χ0v) is 15.4. The summed E-state index contributed by atoms with van der Waals surface area (Å²) >= 11 is 1.61. The van der Waals surface area contributed by atoms with Gasteiger partial charge in [0.1, 0.15) is 10.6 Å². The molecule has 1 aromatic heterocycles. The summed E-state index contributed by atoms with van der Waals surface area (Å²) in [5.41, 5.74) is 0.541. The minimum absolute atomic E-state index is 0.119. The largest absolute Gasteiger partial charge is 0.444 e. The van der Waals surface area contributed by atoms with Crippen molar-refractivity contribution in [1.29, 1.82) is 0 Å². The second-order valence-electron chi connectivity index (χ2n) is 6.77. The molecule has 128 valence electrons. The van der Waals surface area contributed by atoms with Crippen molar-refractivity contribution in [2.75, 3.05) is 25.9 Å². The molecule has 0 spiro atoms. The quantitative estimate of drug-likeness (QED) is 0.790. The molecule has 6 nitrogen and oxygen atoms in total. The summed E-state index contributed by atoms with van der Waals surface area (Å²) in [4.78, 5) is 25.2. The highest BCUT2D eigenvalue weighted by molar-refractivity contribution is 7.98. The molecule has 23 heavy (non-hydrogen) atoms. The Bertz CT molecular complexity index is 547. The van der Waals surface area contributed by atoms with Crippen LogP contribution in [0, 0.1) is 0 Å². The van der Waals surface area contributed by atoms with Gasteiger partial charge in [0, 0.05) is 44.6 Å². The maximum Gasteiger partial charge on any atom is 0.410 e. The number of ether oxygens (including phenoxy) is 1. The van der Waals surface area contributed by atoms with Crippen LogP contribution in [0.5, 0.6) is 0 Å². The molecule has 1 atom stereocenters. The number of carbonyl (C=O) groups excluding carboxylic acids is 1. The van der Waals surface area contributed by atoms with Crippen molar-refractivity contribution in [2.45, 2.75) is 50.9 Å². The molecule has 0 aliphatic carbocycles. The minimum Gasteiger partial charge on any atom is -0.444 e. The summed E-state index contributed by atoms with van der Waals surface area (Å²) in [6, 6.07) is 0.119. The maximum absolute atomic E-state index is 12.2. The topological polar surface area (TPSA) is 58.6 Å². The first-order valence-electron chi connectivity index (χ1n) is 7.86. The zero-order valence-electron chi connectivity index (χ0n) is 14.6. The average Bonchev–Trinajstić information content (AvgIpc) is 2.46. The standard InChI is InChI=1S/C16H26N4O2S/c1-12-10-19(11-13-14(23-5)18-7-6-17-13)8-9-20(12)15(21)22-16(2,3)4/h6-7,12H,8-11H2,1-5H3/t12-/m1/s1. The highest BCUT2D eigenvalue weighted by Gasteiger charge is 2.31. The number of aromatic nitrogens is 2. The molecular weight excluding hydrogens is 312 g/mol. The molecule has 1 aromatic rings. The van der Waals surface area contributed by atoms with Crippen LogP contribution in [0.4, 0.5) is 4.79 Å². The SMILES string of the molecule is CSc1nccnc1CN1CCN(C(=O)OC(C)(C)C)[C@H](C)C1. The van der Waals surface area contributed by atoms with E-state index in [2.05, 4.69) is 21.8 Å². The first-order valence-corrected chi connectivity index (χ1v) is 9.08. The summed E-state index contributed by atoms with van der Waals surface area (Å²) in [5, 5.41) is 0.967. The number of hydrogen-bond acceptors (Lipinski definition) is 6. The van der Waals surface area contributed by atoms with Gasteiger partial charge in [-0.25, -0.2) is 9.78 Å². The summed E-state index contributed by atoms with van der Waals surface area (Å²) in [6.45, 7) is 10.8. The van der Waals surface area contributed by atoms with Gasteiger partial charge in [0.15, 0.2) is 0 Å². The summed E-state index contributed by atoms with van der Waals surface area (Å²) in [6.07, 6.45) is 5.23. The Kier molecular flexibility index (Phi) is 5.86. The van der Waals surface area contributed by atoms with Gasteiger partial charge < -0.3 is 9.64 Å². The lowest BCUT2D eigenvalue weighted by atomic mass is 10.2. The third kappa shape index (κ3) is 5.07. The van der Waals surface area contributed by atoms with Crippen molar-refractivity contribution < 1.29 is 9.53 Å². The van der Waals surface area contributed by atoms with E-state index in [1.54, 1.807) is 24.2 Å². The normalized spacial score (nSPS) is 19.7. The molecular formula is C16H26N4O2S. The molecule has 0 N–H and O–H groups in total. The molecule has 1 fully saturated rings. The Morgan fingerprint density at radius 1 is 1.35 bits per heavy atom. The van der Waals surface area contributed by atoms with Gasteiger partial charge >= 0.3 is 6.09 Å². The fraction of sp³-hybridized carbons (Fsp3) is 0.688. The second-order valence-corrected chi connectivity index (χ2v) is 7.57. The lowest BCUT2D eigenvalue weighted by Crippen LogP contribution is -2.54. The Hall–Kier alpha value is -1.34. The smallest absolute Gasteiger partial charge is 0.410 e. The molecule has 2 heterocycles.